The fourth-order valence-electron chi connectivity index (χ4n) is 1.47. The summed E-state index contributed by atoms with van der Waals surface area (Å²) >= 11 is 0. The van der Waals surface area contributed by atoms with Gasteiger partial charge in [0.2, 0.25) is 0 Å². The van der Waals surface area contributed by atoms with Gasteiger partial charge in [-0.15, -0.1) is 0 Å². The third-order valence-electron chi connectivity index (χ3n) is 2.11. The molecule has 0 saturated carbocycles. The van der Waals surface area contributed by atoms with Gasteiger partial charge in [0.05, 0.1) is 6.10 Å². The van der Waals surface area contributed by atoms with Crippen LogP contribution in [0.4, 0.5) is 0 Å². The van der Waals surface area contributed by atoms with E-state index in [4.69, 9.17) is 14.6 Å². The SMILES string of the molecule is CCOC(C(=O)O)c1ccc(OC(C)C)cc1. The van der Waals surface area contributed by atoms with E-state index in [2.05, 4.69) is 0 Å². The van der Waals surface area contributed by atoms with Crippen molar-refractivity contribution in [3.8, 4) is 5.75 Å². The van der Waals surface area contributed by atoms with Crippen LogP contribution >= 0.6 is 0 Å². The zero-order valence-electron chi connectivity index (χ0n) is 10.3. The molecule has 1 aromatic carbocycles. The molecule has 94 valence electrons. The molecule has 0 aromatic heterocycles. The van der Waals surface area contributed by atoms with Gasteiger partial charge < -0.3 is 14.6 Å². The third-order valence-corrected chi connectivity index (χ3v) is 2.11. The van der Waals surface area contributed by atoms with E-state index in [0.29, 0.717) is 12.2 Å². The van der Waals surface area contributed by atoms with Crippen molar-refractivity contribution < 1.29 is 19.4 Å². The summed E-state index contributed by atoms with van der Waals surface area (Å²) in [6, 6.07) is 6.94. The van der Waals surface area contributed by atoms with E-state index in [0.717, 1.165) is 5.75 Å². The topological polar surface area (TPSA) is 55.8 Å². The Bertz CT molecular complexity index is 356. The van der Waals surface area contributed by atoms with Gasteiger partial charge in [-0.05, 0) is 38.5 Å². The van der Waals surface area contributed by atoms with Crippen LogP contribution in [-0.4, -0.2) is 23.8 Å². The third kappa shape index (κ3) is 4.07. The molecule has 1 N–H and O–H groups in total. The molecule has 0 spiro atoms. The van der Waals surface area contributed by atoms with E-state index < -0.39 is 12.1 Å². The van der Waals surface area contributed by atoms with Crippen molar-refractivity contribution in [2.45, 2.75) is 33.0 Å². The van der Waals surface area contributed by atoms with Crippen LogP contribution in [0, 0.1) is 0 Å². The van der Waals surface area contributed by atoms with Crippen molar-refractivity contribution in [3.05, 3.63) is 29.8 Å². The number of hydrogen-bond donors (Lipinski definition) is 1. The predicted octanol–water partition coefficient (Wildman–Crippen LogP) is 2.64. The van der Waals surface area contributed by atoms with E-state index in [1.807, 2.05) is 13.8 Å². The molecule has 0 bridgehead atoms. The number of carbonyl (C=O) groups is 1. The van der Waals surface area contributed by atoms with Gasteiger partial charge in [-0.25, -0.2) is 4.79 Å². The number of carboxylic acid groups (broad SMARTS) is 1. The van der Waals surface area contributed by atoms with Crippen LogP contribution in [0.15, 0.2) is 24.3 Å². The highest BCUT2D eigenvalue weighted by Gasteiger charge is 2.19. The van der Waals surface area contributed by atoms with Crippen LogP contribution in [0.25, 0.3) is 0 Å². The average Bonchev–Trinajstić information content (AvgIpc) is 2.26. The van der Waals surface area contributed by atoms with E-state index in [1.54, 1.807) is 31.2 Å². The fraction of sp³-hybridized carbons (Fsp3) is 0.462. The lowest BCUT2D eigenvalue weighted by Gasteiger charge is -2.14. The summed E-state index contributed by atoms with van der Waals surface area (Å²) in [6.07, 6.45) is -0.809. The maximum absolute atomic E-state index is 11.0. The molecule has 0 fully saturated rings. The normalized spacial score (nSPS) is 12.5. The molecule has 0 aliphatic heterocycles. The van der Waals surface area contributed by atoms with Crippen LogP contribution in [0.5, 0.6) is 5.75 Å². The van der Waals surface area contributed by atoms with Gasteiger partial charge >= 0.3 is 5.97 Å². The van der Waals surface area contributed by atoms with Crippen LogP contribution in [0.2, 0.25) is 0 Å². The highest BCUT2D eigenvalue weighted by molar-refractivity contribution is 5.74. The lowest BCUT2D eigenvalue weighted by Crippen LogP contribution is -2.15. The maximum atomic E-state index is 11.0. The lowest BCUT2D eigenvalue weighted by atomic mass is 10.1. The minimum Gasteiger partial charge on any atom is -0.491 e. The molecule has 4 heteroatoms. The zero-order chi connectivity index (χ0) is 12.8. The minimum absolute atomic E-state index is 0.100. The fourth-order valence-corrected chi connectivity index (χ4v) is 1.47. The van der Waals surface area contributed by atoms with E-state index in [-0.39, 0.29) is 6.10 Å². The van der Waals surface area contributed by atoms with Gasteiger partial charge in [0, 0.05) is 6.61 Å². The number of aliphatic carboxylic acids is 1. The van der Waals surface area contributed by atoms with Gasteiger partial charge in [-0.3, -0.25) is 0 Å². The highest BCUT2D eigenvalue weighted by atomic mass is 16.5. The molecule has 1 unspecified atom stereocenters. The van der Waals surface area contributed by atoms with Crippen molar-refractivity contribution in [2.75, 3.05) is 6.61 Å². The lowest BCUT2D eigenvalue weighted by molar-refractivity contribution is -0.150. The first-order valence-corrected chi connectivity index (χ1v) is 5.65. The molecule has 0 amide bonds. The van der Waals surface area contributed by atoms with Crippen LogP contribution < -0.4 is 4.74 Å². The molecule has 0 radical (unpaired) electrons. The standard InChI is InChI=1S/C13H18O4/c1-4-16-12(13(14)15)10-5-7-11(8-6-10)17-9(2)3/h5-9,12H,4H2,1-3H3,(H,14,15). The summed E-state index contributed by atoms with van der Waals surface area (Å²) in [4.78, 5) is 11.0. The second-order valence-electron chi connectivity index (χ2n) is 3.91. The Kier molecular flexibility index (Phi) is 4.97. The van der Waals surface area contributed by atoms with Crippen molar-refractivity contribution in [1.82, 2.24) is 0 Å². The molecule has 0 saturated heterocycles. The first kappa shape index (κ1) is 13.5. The minimum atomic E-state index is -0.982. The Labute approximate surface area is 101 Å². The number of ether oxygens (including phenoxy) is 2. The maximum Gasteiger partial charge on any atom is 0.337 e. The van der Waals surface area contributed by atoms with Gasteiger partial charge in [0.15, 0.2) is 6.10 Å². The summed E-state index contributed by atoms with van der Waals surface area (Å²) in [5, 5.41) is 9.02. The number of carboxylic acids is 1. The van der Waals surface area contributed by atoms with Gasteiger partial charge in [0.1, 0.15) is 5.75 Å². The predicted molar refractivity (Wildman–Crippen MR) is 64.2 cm³/mol. The molecule has 0 aliphatic carbocycles. The largest absolute Gasteiger partial charge is 0.491 e. The second kappa shape index (κ2) is 6.25. The first-order valence-electron chi connectivity index (χ1n) is 5.65. The molecule has 1 rings (SSSR count). The van der Waals surface area contributed by atoms with Crippen LogP contribution in [0.3, 0.4) is 0 Å². The molecular weight excluding hydrogens is 220 g/mol. The average molecular weight is 238 g/mol. The molecule has 1 aromatic rings. The summed E-state index contributed by atoms with van der Waals surface area (Å²) in [5.74, 6) is -0.256. The van der Waals surface area contributed by atoms with Crippen molar-refractivity contribution >= 4 is 5.97 Å². The molecule has 4 nitrogen and oxygen atoms in total. The Hall–Kier alpha value is -1.55. The van der Waals surface area contributed by atoms with Crippen LogP contribution in [0.1, 0.15) is 32.4 Å². The highest BCUT2D eigenvalue weighted by Crippen LogP contribution is 2.21. The van der Waals surface area contributed by atoms with Gasteiger partial charge in [-0.1, -0.05) is 12.1 Å². The van der Waals surface area contributed by atoms with Crippen molar-refractivity contribution in [1.29, 1.82) is 0 Å². The summed E-state index contributed by atoms with van der Waals surface area (Å²) < 4.78 is 10.7. The summed E-state index contributed by atoms with van der Waals surface area (Å²) in [5.41, 5.74) is 0.621. The van der Waals surface area contributed by atoms with E-state index in [9.17, 15) is 4.79 Å². The Morgan fingerprint density at radius 3 is 2.29 bits per heavy atom. The molecular formula is C13H18O4. The van der Waals surface area contributed by atoms with Crippen molar-refractivity contribution in [3.63, 3.8) is 0 Å². The Morgan fingerprint density at radius 1 is 1.29 bits per heavy atom. The molecule has 0 aliphatic rings. The molecule has 17 heavy (non-hydrogen) atoms. The number of benzene rings is 1. The van der Waals surface area contributed by atoms with Gasteiger partial charge in [0.25, 0.3) is 0 Å². The summed E-state index contributed by atoms with van der Waals surface area (Å²) in [7, 11) is 0. The quantitative estimate of drug-likeness (QED) is 0.827. The smallest absolute Gasteiger partial charge is 0.337 e. The van der Waals surface area contributed by atoms with E-state index in [1.165, 1.54) is 0 Å². The Balaban J connectivity index is 2.80. The Morgan fingerprint density at radius 2 is 1.88 bits per heavy atom. The molecule has 1 atom stereocenters. The number of rotatable bonds is 6. The van der Waals surface area contributed by atoms with E-state index >= 15 is 0 Å². The zero-order valence-corrected chi connectivity index (χ0v) is 10.3. The van der Waals surface area contributed by atoms with Crippen LogP contribution in [-0.2, 0) is 9.53 Å². The first-order chi connectivity index (χ1) is 8.04. The molecule has 0 heterocycles. The summed E-state index contributed by atoms with van der Waals surface area (Å²) in [6.45, 7) is 6.01. The second-order valence-corrected chi connectivity index (χ2v) is 3.91. The van der Waals surface area contributed by atoms with Crippen molar-refractivity contribution in [2.24, 2.45) is 0 Å². The van der Waals surface area contributed by atoms with Gasteiger partial charge in [-0.2, -0.15) is 0 Å². The number of hydrogen-bond acceptors (Lipinski definition) is 3. The monoisotopic (exact) mass is 238 g/mol.